The minimum atomic E-state index is -5.06. The average Bonchev–Trinajstić information content (AvgIpc) is 3.67. The fourth-order valence-corrected chi connectivity index (χ4v) is 7.39. The number of alkyl halides is 15. The molecule has 0 amide bonds. The third-order valence-corrected chi connectivity index (χ3v) is 10.1. The lowest BCUT2D eigenvalue weighted by molar-refractivity contribution is -0.138. The number of halogens is 15. The van der Waals surface area contributed by atoms with Gasteiger partial charge in [-0.2, -0.15) is 71.1 Å². The maximum absolute atomic E-state index is 14.3. The van der Waals surface area contributed by atoms with Crippen molar-refractivity contribution in [3.05, 3.63) is 143 Å². The molecule has 0 aliphatic rings. The van der Waals surface area contributed by atoms with E-state index in [1.807, 2.05) is 0 Å². The van der Waals surface area contributed by atoms with Crippen molar-refractivity contribution in [1.82, 2.24) is 9.13 Å². The zero-order valence-electron chi connectivity index (χ0n) is 29.4. The van der Waals surface area contributed by atoms with Crippen molar-refractivity contribution in [3.8, 4) is 28.6 Å². The highest BCUT2D eigenvalue weighted by atomic mass is 19.4. The molecule has 0 bridgehead atoms. The second-order valence-corrected chi connectivity index (χ2v) is 13.7. The van der Waals surface area contributed by atoms with Crippen LogP contribution in [0.5, 0.6) is 0 Å². The number of hydrogen-bond donors (Lipinski definition) is 0. The van der Waals surface area contributed by atoms with E-state index in [2.05, 4.69) is 0 Å². The fraction of sp³-hybridized carbons (Fsp3) is 0.119. The molecule has 6 aromatic carbocycles. The van der Waals surface area contributed by atoms with Crippen LogP contribution in [0.25, 0.3) is 66.1 Å². The van der Waals surface area contributed by atoms with Crippen molar-refractivity contribution in [2.45, 2.75) is 30.9 Å². The summed E-state index contributed by atoms with van der Waals surface area (Å²) in [5, 5.41) is 10.1. The lowest BCUT2D eigenvalue weighted by Crippen LogP contribution is -2.09. The third kappa shape index (κ3) is 6.71. The monoisotopic (exact) mass is 849 g/mol. The summed E-state index contributed by atoms with van der Waals surface area (Å²) in [6, 6.07) is 15.6. The van der Waals surface area contributed by atoms with E-state index >= 15 is 0 Å². The molecule has 0 saturated heterocycles. The number of benzene rings is 6. The van der Waals surface area contributed by atoms with Gasteiger partial charge in [0, 0.05) is 27.1 Å². The fourth-order valence-electron chi connectivity index (χ4n) is 7.39. The van der Waals surface area contributed by atoms with Gasteiger partial charge >= 0.3 is 30.9 Å². The summed E-state index contributed by atoms with van der Waals surface area (Å²) >= 11 is 0. The van der Waals surface area contributed by atoms with Crippen LogP contribution in [0.1, 0.15) is 33.4 Å². The van der Waals surface area contributed by atoms with Gasteiger partial charge in [-0.1, -0.05) is 36.4 Å². The minimum Gasteiger partial charge on any atom is -0.307 e. The molecule has 0 radical (unpaired) electrons. The second kappa shape index (κ2) is 13.2. The first-order valence-electron chi connectivity index (χ1n) is 17.1. The van der Waals surface area contributed by atoms with Gasteiger partial charge in [0.15, 0.2) is 0 Å². The van der Waals surface area contributed by atoms with E-state index in [4.69, 9.17) is 0 Å². The average molecular weight is 850 g/mol. The largest absolute Gasteiger partial charge is 0.416 e. The van der Waals surface area contributed by atoms with Gasteiger partial charge in [-0.05, 0) is 78.4 Å². The van der Waals surface area contributed by atoms with Crippen LogP contribution in [0.2, 0.25) is 0 Å². The first kappa shape index (κ1) is 40.2. The summed E-state index contributed by atoms with van der Waals surface area (Å²) in [6.07, 6.45) is -25.2. The normalized spacial score (nSPS) is 13.2. The SMILES string of the molecule is N#Cc1cc(-n2c3cc(C(F)(F)F)ccc3c3ccc(C(F)(F)F)cc32)c(-n2c3cc(C(F)(F)F)ccc3c3ccc(C(F)(F)F)cc32)cc1-c1cccc(C(F)(F)F)c1. The summed E-state index contributed by atoms with van der Waals surface area (Å²) in [7, 11) is 0. The highest BCUT2D eigenvalue weighted by Gasteiger charge is 2.37. The zero-order valence-corrected chi connectivity index (χ0v) is 29.4. The summed E-state index contributed by atoms with van der Waals surface area (Å²) in [5.74, 6) is 0. The van der Waals surface area contributed by atoms with Crippen molar-refractivity contribution in [2.24, 2.45) is 0 Å². The van der Waals surface area contributed by atoms with E-state index in [1.165, 1.54) is 0 Å². The molecule has 3 nitrogen and oxygen atoms in total. The molecule has 0 aliphatic heterocycles. The van der Waals surface area contributed by atoms with Crippen molar-refractivity contribution in [2.75, 3.05) is 0 Å². The molecule has 306 valence electrons. The van der Waals surface area contributed by atoms with Crippen LogP contribution in [-0.2, 0) is 30.9 Å². The Bertz CT molecular complexity index is 2950. The topological polar surface area (TPSA) is 33.6 Å². The molecule has 0 N–H and O–H groups in total. The van der Waals surface area contributed by atoms with Crippen LogP contribution in [-0.4, -0.2) is 9.13 Å². The van der Waals surface area contributed by atoms with Gasteiger partial charge in [0.2, 0.25) is 0 Å². The Morgan fingerprint density at radius 2 is 0.683 bits per heavy atom. The van der Waals surface area contributed by atoms with Crippen LogP contribution >= 0.6 is 0 Å². The van der Waals surface area contributed by atoms with Gasteiger partial charge in [0.1, 0.15) is 0 Å². The Hall–Kier alpha value is -6.64. The van der Waals surface area contributed by atoms with E-state index in [1.54, 1.807) is 6.07 Å². The number of nitriles is 1. The molecule has 0 spiro atoms. The highest BCUT2D eigenvalue weighted by molar-refractivity contribution is 6.12. The zero-order chi connectivity index (χ0) is 43.5. The smallest absolute Gasteiger partial charge is 0.307 e. The summed E-state index contributed by atoms with van der Waals surface area (Å²) in [6.45, 7) is 0. The van der Waals surface area contributed by atoms with E-state index < -0.39 is 97.7 Å². The molecule has 0 atom stereocenters. The van der Waals surface area contributed by atoms with Gasteiger partial charge in [-0.3, -0.25) is 0 Å². The van der Waals surface area contributed by atoms with Crippen LogP contribution < -0.4 is 0 Å². The molecular formula is C42H18F15N3. The van der Waals surface area contributed by atoms with E-state index in [9.17, 15) is 71.1 Å². The van der Waals surface area contributed by atoms with E-state index in [0.717, 1.165) is 57.7 Å². The lowest BCUT2D eigenvalue weighted by atomic mass is 9.96. The first-order valence-corrected chi connectivity index (χ1v) is 17.1. The second-order valence-electron chi connectivity index (χ2n) is 13.7. The predicted molar refractivity (Wildman–Crippen MR) is 190 cm³/mol. The highest BCUT2D eigenvalue weighted by Crippen LogP contribution is 2.46. The van der Waals surface area contributed by atoms with Gasteiger partial charge in [-0.15, -0.1) is 0 Å². The molecule has 0 unspecified atom stereocenters. The van der Waals surface area contributed by atoms with Crippen molar-refractivity contribution in [1.29, 1.82) is 5.26 Å². The number of rotatable bonds is 3. The maximum atomic E-state index is 14.3. The molecule has 0 aliphatic carbocycles. The minimum absolute atomic E-state index is 0.0842. The van der Waals surface area contributed by atoms with Crippen LogP contribution in [0.3, 0.4) is 0 Å². The van der Waals surface area contributed by atoms with Crippen molar-refractivity contribution < 1.29 is 65.9 Å². The summed E-state index contributed by atoms with van der Waals surface area (Å²) in [4.78, 5) is 0. The van der Waals surface area contributed by atoms with Crippen LogP contribution in [0, 0.1) is 11.3 Å². The van der Waals surface area contributed by atoms with Crippen molar-refractivity contribution in [3.63, 3.8) is 0 Å². The lowest BCUT2D eigenvalue weighted by Gasteiger charge is -2.21. The molecule has 60 heavy (non-hydrogen) atoms. The van der Waals surface area contributed by atoms with Crippen LogP contribution in [0.4, 0.5) is 65.9 Å². The van der Waals surface area contributed by atoms with Gasteiger partial charge in [-0.25, -0.2) is 0 Å². The van der Waals surface area contributed by atoms with Crippen LogP contribution in [0.15, 0.2) is 109 Å². The molecular weight excluding hydrogens is 831 g/mol. The third-order valence-electron chi connectivity index (χ3n) is 10.1. The van der Waals surface area contributed by atoms with Gasteiger partial charge in [0.05, 0.1) is 72.9 Å². The number of fused-ring (bicyclic) bond motifs is 6. The number of aromatic nitrogens is 2. The van der Waals surface area contributed by atoms with Gasteiger partial charge in [0.25, 0.3) is 0 Å². The quantitative estimate of drug-likeness (QED) is 0.163. The Morgan fingerprint density at radius 3 is 1.00 bits per heavy atom. The molecule has 18 heteroatoms. The Balaban J connectivity index is 1.63. The Morgan fingerprint density at radius 1 is 0.367 bits per heavy atom. The van der Waals surface area contributed by atoms with E-state index in [-0.39, 0.29) is 32.7 Å². The molecule has 8 aromatic rings. The molecule has 0 saturated carbocycles. The Kier molecular flexibility index (Phi) is 8.82. The molecule has 2 heterocycles. The maximum Gasteiger partial charge on any atom is 0.416 e. The summed E-state index contributed by atoms with van der Waals surface area (Å²) in [5.41, 5.74) is -10.6. The first-order chi connectivity index (χ1) is 27.9. The molecule has 0 fully saturated rings. The summed E-state index contributed by atoms with van der Waals surface area (Å²) < 4.78 is 215. The number of hydrogen-bond acceptors (Lipinski definition) is 1. The molecule has 2 aromatic heterocycles. The molecule has 8 rings (SSSR count). The van der Waals surface area contributed by atoms with E-state index in [0.29, 0.717) is 60.7 Å². The van der Waals surface area contributed by atoms with Gasteiger partial charge < -0.3 is 9.13 Å². The predicted octanol–water partition coefficient (Wildman–Crippen LogP) is 14.5. The Labute approximate surface area is 325 Å². The number of nitrogens with zero attached hydrogens (tertiary/aromatic N) is 3. The van der Waals surface area contributed by atoms with Crippen molar-refractivity contribution >= 4 is 43.6 Å². The standard InChI is InChI=1S/C42H18F15N3/c43-38(44,45)22-3-1-2-20(12-22)31-18-37(60-34-16-25(41(52,53)54)6-10-29(34)30-11-7-26(17-35(30)60)42(55,56)57)36(13-21(31)19-58)59-32-14-23(39(46,47)48)4-8-27(32)28-9-5-24(15-33(28)59)40(49,50)51/h1-18H.